The van der Waals surface area contributed by atoms with Crippen LogP contribution in [0.15, 0.2) is 84.0 Å². The van der Waals surface area contributed by atoms with E-state index in [1.807, 2.05) is 47.0 Å². The predicted molar refractivity (Wildman–Crippen MR) is 140 cm³/mol. The van der Waals surface area contributed by atoms with E-state index in [9.17, 15) is 9.59 Å². The highest BCUT2D eigenvalue weighted by atomic mass is 32.2. The molecule has 0 saturated carbocycles. The molecule has 178 valence electrons. The summed E-state index contributed by atoms with van der Waals surface area (Å²) in [6.45, 7) is 4.09. The van der Waals surface area contributed by atoms with E-state index in [4.69, 9.17) is 0 Å². The van der Waals surface area contributed by atoms with Crippen molar-refractivity contribution in [1.82, 2.24) is 14.8 Å². The van der Waals surface area contributed by atoms with Crippen molar-refractivity contribution in [2.45, 2.75) is 32.0 Å². The summed E-state index contributed by atoms with van der Waals surface area (Å²) in [5, 5.41) is 15.8. The third-order valence-corrected chi connectivity index (χ3v) is 6.28. The summed E-state index contributed by atoms with van der Waals surface area (Å²) in [7, 11) is 0. The highest BCUT2D eigenvalue weighted by molar-refractivity contribution is 7.99. The van der Waals surface area contributed by atoms with Gasteiger partial charge in [-0.05, 0) is 62.4 Å². The van der Waals surface area contributed by atoms with Crippen molar-refractivity contribution < 1.29 is 9.59 Å². The van der Waals surface area contributed by atoms with Gasteiger partial charge in [-0.25, -0.2) is 0 Å². The fourth-order valence-corrected chi connectivity index (χ4v) is 4.35. The number of carbonyl (C=O) groups excluding carboxylic acids is 2. The molecule has 3 aromatic carbocycles. The van der Waals surface area contributed by atoms with Crippen LogP contribution in [-0.4, -0.2) is 32.2 Å². The van der Waals surface area contributed by atoms with E-state index in [2.05, 4.69) is 39.9 Å². The average molecular weight is 486 g/mol. The molecule has 2 N–H and O–H groups in total. The normalized spacial score (nSPS) is 10.7. The van der Waals surface area contributed by atoms with Crippen molar-refractivity contribution in [3.05, 3.63) is 95.8 Å². The Morgan fingerprint density at radius 2 is 1.57 bits per heavy atom. The first-order valence-corrected chi connectivity index (χ1v) is 12.3. The number of para-hydroxylation sites is 1. The van der Waals surface area contributed by atoms with Crippen LogP contribution in [0.2, 0.25) is 0 Å². The second-order valence-corrected chi connectivity index (χ2v) is 9.13. The number of Topliss-reactive ketones (excluding diaryl/α,β-unsaturated/α-hetero) is 1. The minimum atomic E-state index is -0.0971. The highest BCUT2D eigenvalue weighted by Crippen LogP contribution is 2.23. The summed E-state index contributed by atoms with van der Waals surface area (Å²) in [6.07, 6.45) is 0.317. The van der Waals surface area contributed by atoms with Crippen LogP contribution in [0.25, 0.3) is 5.69 Å². The molecule has 0 bridgehead atoms. The molecule has 4 rings (SSSR count). The Kier molecular flexibility index (Phi) is 7.95. The molecule has 0 saturated heterocycles. The van der Waals surface area contributed by atoms with Gasteiger partial charge in [0.15, 0.2) is 16.8 Å². The largest absolute Gasteiger partial charge is 0.378 e. The van der Waals surface area contributed by atoms with Crippen LogP contribution in [-0.2, 0) is 11.3 Å². The predicted octanol–water partition coefficient (Wildman–Crippen LogP) is 5.51. The fraction of sp³-hybridized carbons (Fsp3) is 0.185. The third kappa shape index (κ3) is 6.58. The zero-order valence-electron chi connectivity index (χ0n) is 19.7. The van der Waals surface area contributed by atoms with Gasteiger partial charge in [0, 0.05) is 34.8 Å². The molecule has 8 heteroatoms. The summed E-state index contributed by atoms with van der Waals surface area (Å²) in [5.41, 5.74) is 4.48. The number of aromatic nitrogens is 3. The number of hydrogen-bond acceptors (Lipinski definition) is 6. The van der Waals surface area contributed by atoms with Gasteiger partial charge in [-0.2, -0.15) is 0 Å². The molecule has 7 nitrogen and oxygen atoms in total. The molecule has 0 aliphatic carbocycles. The second kappa shape index (κ2) is 11.5. The van der Waals surface area contributed by atoms with Gasteiger partial charge in [-0.1, -0.05) is 47.7 Å². The Morgan fingerprint density at radius 1 is 0.886 bits per heavy atom. The smallest absolute Gasteiger partial charge is 0.225 e. The van der Waals surface area contributed by atoms with Gasteiger partial charge in [0.2, 0.25) is 5.91 Å². The van der Waals surface area contributed by atoms with Gasteiger partial charge in [0.1, 0.15) is 0 Å². The molecule has 0 fully saturated rings. The van der Waals surface area contributed by atoms with Gasteiger partial charge in [0.05, 0.1) is 6.54 Å². The van der Waals surface area contributed by atoms with Gasteiger partial charge in [-0.15, -0.1) is 10.2 Å². The van der Waals surface area contributed by atoms with Crippen LogP contribution in [0.5, 0.6) is 0 Å². The maximum Gasteiger partial charge on any atom is 0.225 e. The number of carbonyl (C=O) groups is 2. The van der Waals surface area contributed by atoms with Crippen LogP contribution in [0.1, 0.15) is 35.1 Å². The lowest BCUT2D eigenvalue weighted by Gasteiger charge is -2.11. The zero-order valence-corrected chi connectivity index (χ0v) is 20.5. The minimum Gasteiger partial charge on any atom is -0.378 e. The second-order valence-electron chi connectivity index (χ2n) is 8.07. The lowest BCUT2D eigenvalue weighted by molar-refractivity contribution is -0.115. The summed E-state index contributed by atoms with van der Waals surface area (Å²) >= 11 is 1.49. The number of thioether (sulfide) groups is 1. The molecule has 0 spiro atoms. The minimum absolute atomic E-state index is 0.00441. The van der Waals surface area contributed by atoms with E-state index in [0.717, 1.165) is 22.4 Å². The Hall–Kier alpha value is -3.91. The summed E-state index contributed by atoms with van der Waals surface area (Å²) in [4.78, 5) is 23.8. The van der Waals surface area contributed by atoms with Crippen molar-refractivity contribution in [3.8, 4) is 5.69 Å². The topological polar surface area (TPSA) is 88.9 Å². The number of amides is 1. The summed E-state index contributed by atoms with van der Waals surface area (Å²) < 4.78 is 2.02. The molecule has 4 aromatic rings. The molecular formula is C27H27N5O2S. The first kappa shape index (κ1) is 24.2. The van der Waals surface area contributed by atoms with Crippen LogP contribution in [0.4, 0.5) is 11.4 Å². The van der Waals surface area contributed by atoms with Crippen LogP contribution in [0, 0.1) is 6.92 Å². The lowest BCUT2D eigenvalue weighted by atomic mass is 10.1. The van der Waals surface area contributed by atoms with E-state index < -0.39 is 0 Å². The van der Waals surface area contributed by atoms with E-state index in [1.54, 1.807) is 24.3 Å². The van der Waals surface area contributed by atoms with Crippen molar-refractivity contribution >= 4 is 34.8 Å². The first-order valence-electron chi connectivity index (χ1n) is 11.3. The Bertz CT molecular complexity index is 1290. The van der Waals surface area contributed by atoms with Gasteiger partial charge in [0.25, 0.3) is 0 Å². The van der Waals surface area contributed by atoms with Crippen molar-refractivity contribution in [1.29, 1.82) is 0 Å². The molecule has 1 aromatic heterocycles. The van der Waals surface area contributed by atoms with E-state index in [0.29, 0.717) is 30.0 Å². The van der Waals surface area contributed by atoms with Gasteiger partial charge in [-0.3, -0.25) is 14.2 Å². The highest BCUT2D eigenvalue weighted by Gasteiger charge is 2.15. The first-order chi connectivity index (χ1) is 17.0. The molecule has 0 unspecified atom stereocenters. The zero-order chi connectivity index (χ0) is 24.6. The Labute approximate surface area is 209 Å². The molecule has 0 radical (unpaired) electrons. The summed E-state index contributed by atoms with van der Waals surface area (Å²) in [5.74, 6) is 1.23. The Morgan fingerprint density at radius 3 is 2.26 bits per heavy atom. The number of anilines is 2. The quantitative estimate of drug-likeness (QED) is 0.227. The Balaban J connectivity index is 1.39. The number of ketones is 1. The van der Waals surface area contributed by atoms with Crippen molar-refractivity contribution in [2.24, 2.45) is 0 Å². The van der Waals surface area contributed by atoms with Crippen LogP contribution in [0.3, 0.4) is 0 Å². The number of aryl methyl sites for hydroxylation is 1. The molecule has 0 atom stereocenters. The lowest BCUT2D eigenvalue weighted by Crippen LogP contribution is -2.12. The fourth-order valence-electron chi connectivity index (χ4n) is 3.44. The van der Waals surface area contributed by atoms with Crippen molar-refractivity contribution in [2.75, 3.05) is 16.4 Å². The van der Waals surface area contributed by atoms with Crippen LogP contribution >= 0.6 is 11.8 Å². The number of rotatable bonds is 10. The maximum atomic E-state index is 12.4. The average Bonchev–Trinajstić information content (AvgIpc) is 3.27. The van der Waals surface area contributed by atoms with E-state index >= 15 is 0 Å². The third-order valence-electron chi connectivity index (χ3n) is 5.35. The van der Waals surface area contributed by atoms with Crippen LogP contribution < -0.4 is 10.6 Å². The molecule has 0 aliphatic heterocycles. The molecule has 1 heterocycles. The number of hydrogen-bond donors (Lipinski definition) is 2. The SMILES string of the molecule is CC(=O)c1ccc(NC(=O)CCSc2nnc(CNc3ccc(C)cc3)n2-c2ccccc2)cc1. The monoisotopic (exact) mass is 485 g/mol. The number of nitrogens with one attached hydrogen (secondary N) is 2. The van der Waals surface area contributed by atoms with E-state index in [-0.39, 0.29) is 11.7 Å². The number of benzene rings is 3. The molecule has 35 heavy (non-hydrogen) atoms. The molecule has 0 aliphatic rings. The molecule has 1 amide bonds. The van der Waals surface area contributed by atoms with Gasteiger partial charge < -0.3 is 10.6 Å². The number of nitrogens with zero attached hydrogens (tertiary/aromatic N) is 3. The van der Waals surface area contributed by atoms with Gasteiger partial charge >= 0.3 is 0 Å². The molecular weight excluding hydrogens is 458 g/mol. The van der Waals surface area contributed by atoms with E-state index in [1.165, 1.54) is 24.2 Å². The maximum absolute atomic E-state index is 12.4. The summed E-state index contributed by atoms with van der Waals surface area (Å²) in [6, 6.07) is 25.1. The standard InChI is InChI=1S/C27H27N5O2S/c1-19-8-12-22(13-9-19)28-18-25-30-31-27(32(25)24-6-4-3-5-7-24)35-17-16-26(34)29-23-14-10-21(11-15-23)20(2)33/h3-15,28H,16-18H2,1-2H3,(H,29,34). The van der Waals surface area contributed by atoms with Crippen molar-refractivity contribution in [3.63, 3.8) is 0 Å².